The van der Waals surface area contributed by atoms with Gasteiger partial charge < -0.3 is 9.64 Å². The monoisotopic (exact) mass is 339 g/mol. The van der Waals surface area contributed by atoms with Crippen LogP contribution in [0, 0.1) is 0 Å². The van der Waals surface area contributed by atoms with Crippen LogP contribution in [0.3, 0.4) is 0 Å². The summed E-state index contributed by atoms with van der Waals surface area (Å²) < 4.78 is 28.6. The van der Waals surface area contributed by atoms with E-state index in [1.54, 1.807) is 12.0 Å². The fourth-order valence-corrected chi connectivity index (χ4v) is 4.61. The Morgan fingerprint density at radius 1 is 1.30 bits per heavy atom. The molecule has 1 atom stereocenters. The van der Waals surface area contributed by atoms with Crippen LogP contribution in [-0.2, 0) is 21.1 Å². The maximum atomic E-state index is 12.7. The maximum Gasteiger partial charge on any atom is 0.227 e. The second-order valence-electron chi connectivity index (χ2n) is 6.02. The molecule has 1 aliphatic rings. The molecule has 23 heavy (non-hydrogen) atoms. The van der Waals surface area contributed by atoms with Gasteiger partial charge in [-0.3, -0.25) is 4.79 Å². The van der Waals surface area contributed by atoms with Crippen molar-refractivity contribution in [3.63, 3.8) is 0 Å². The third-order valence-corrected chi connectivity index (χ3v) is 5.99. The molecule has 0 radical (unpaired) electrons. The quantitative estimate of drug-likeness (QED) is 0.763. The average Bonchev–Trinajstić information content (AvgIpc) is 2.88. The van der Waals surface area contributed by atoms with Gasteiger partial charge in [-0.05, 0) is 30.5 Å². The van der Waals surface area contributed by atoms with E-state index in [9.17, 15) is 13.2 Å². The van der Waals surface area contributed by atoms with Crippen LogP contribution in [-0.4, -0.2) is 50.4 Å². The minimum atomic E-state index is -2.99. The highest BCUT2D eigenvalue weighted by Gasteiger charge is 2.34. The molecule has 0 saturated carbocycles. The van der Waals surface area contributed by atoms with Crippen LogP contribution in [0.2, 0.25) is 0 Å². The summed E-state index contributed by atoms with van der Waals surface area (Å²) in [5.41, 5.74) is 0.915. The highest BCUT2D eigenvalue weighted by atomic mass is 32.2. The number of amides is 1. The van der Waals surface area contributed by atoms with E-state index in [4.69, 9.17) is 4.74 Å². The van der Waals surface area contributed by atoms with Gasteiger partial charge in [0, 0.05) is 12.6 Å². The van der Waals surface area contributed by atoms with Gasteiger partial charge in [0.25, 0.3) is 0 Å². The molecule has 1 heterocycles. The predicted octanol–water partition coefficient (Wildman–Crippen LogP) is 2.05. The number of benzene rings is 1. The number of rotatable bonds is 7. The maximum absolute atomic E-state index is 12.7. The van der Waals surface area contributed by atoms with Crippen molar-refractivity contribution in [3.05, 3.63) is 29.8 Å². The number of nitrogens with zero attached hydrogens (tertiary/aromatic N) is 1. The highest BCUT2D eigenvalue weighted by molar-refractivity contribution is 7.91. The average molecular weight is 339 g/mol. The smallest absolute Gasteiger partial charge is 0.227 e. The normalized spacial score (nSPS) is 19.5. The summed E-state index contributed by atoms with van der Waals surface area (Å²) in [6, 6.07) is 7.25. The van der Waals surface area contributed by atoms with Crippen LogP contribution >= 0.6 is 0 Å². The molecule has 1 fully saturated rings. The van der Waals surface area contributed by atoms with E-state index in [0.29, 0.717) is 19.4 Å². The Bertz CT molecular complexity index is 624. The Morgan fingerprint density at radius 2 is 2.00 bits per heavy atom. The van der Waals surface area contributed by atoms with Crippen molar-refractivity contribution in [3.8, 4) is 5.75 Å². The summed E-state index contributed by atoms with van der Waals surface area (Å²) in [5.74, 6) is 1.05. The number of carbonyl (C=O) groups excluding carboxylic acids is 1. The molecule has 0 aliphatic carbocycles. The van der Waals surface area contributed by atoms with E-state index in [2.05, 4.69) is 6.92 Å². The standard InChI is InChI=1S/C17H25NO4S/c1-3-4-10-18(15-9-11-23(20,21)13-15)17(19)12-14-5-7-16(22-2)8-6-14/h5-8,15H,3-4,9-13H2,1-2H3. The number of ether oxygens (including phenoxy) is 1. The molecule has 1 amide bonds. The molecule has 1 saturated heterocycles. The largest absolute Gasteiger partial charge is 0.497 e. The van der Waals surface area contributed by atoms with Crippen LogP contribution in [0.5, 0.6) is 5.75 Å². The Hall–Kier alpha value is -1.56. The molecule has 128 valence electrons. The summed E-state index contributed by atoms with van der Waals surface area (Å²) in [4.78, 5) is 14.4. The van der Waals surface area contributed by atoms with E-state index >= 15 is 0 Å². The molecular weight excluding hydrogens is 314 g/mol. The number of sulfone groups is 1. The van der Waals surface area contributed by atoms with Crippen LogP contribution in [0.25, 0.3) is 0 Å². The molecule has 5 nitrogen and oxygen atoms in total. The molecule has 0 N–H and O–H groups in total. The van der Waals surface area contributed by atoms with Gasteiger partial charge in [0.05, 0.1) is 25.0 Å². The zero-order valence-corrected chi connectivity index (χ0v) is 14.6. The number of unbranched alkanes of at least 4 members (excludes halogenated alkanes) is 1. The lowest BCUT2D eigenvalue weighted by Gasteiger charge is -2.28. The Balaban J connectivity index is 2.06. The molecule has 0 bridgehead atoms. The molecule has 0 spiro atoms. The summed E-state index contributed by atoms with van der Waals surface area (Å²) in [5, 5.41) is 0. The fraction of sp³-hybridized carbons (Fsp3) is 0.588. The summed E-state index contributed by atoms with van der Waals surface area (Å²) in [6.07, 6.45) is 2.72. The van der Waals surface area contributed by atoms with Crippen LogP contribution in [0.15, 0.2) is 24.3 Å². The lowest BCUT2D eigenvalue weighted by molar-refractivity contribution is -0.132. The van der Waals surface area contributed by atoms with Crippen molar-refractivity contribution in [1.29, 1.82) is 0 Å². The summed E-state index contributed by atoms with van der Waals surface area (Å²) in [7, 11) is -1.39. The van der Waals surface area contributed by atoms with Crippen molar-refractivity contribution >= 4 is 15.7 Å². The first-order valence-electron chi connectivity index (χ1n) is 8.08. The van der Waals surface area contributed by atoms with E-state index in [1.165, 1.54) is 0 Å². The van der Waals surface area contributed by atoms with E-state index in [-0.39, 0.29) is 23.5 Å². The number of hydrogen-bond donors (Lipinski definition) is 0. The Morgan fingerprint density at radius 3 is 2.52 bits per heavy atom. The first kappa shape index (κ1) is 17.8. The number of hydrogen-bond acceptors (Lipinski definition) is 4. The van der Waals surface area contributed by atoms with Gasteiger partial charge in [-0.1, -0.05) is 25.5 Å². The molecule has 1 aromatic carbocycles. The van der Waals surface area contributed by atoms with Crippen molar-refractivity contribution in [2.45, 2.75) is 38.6 Å². The molecule has 2 rings (SSSR count). The molecule has 1 unspecified atom stereocenters. The minimum absolute atomic E-state index is 0.00529. The van der Waals surface area contributed by atoms with E-state index < -0.39 is 9.84 Å². The van der Waals surface area contributed by atoms with Gasteiger partial charge in [0.1, 0.15) is 5.75 Å². The molecule has 6 heteroatoms. The third kappa shape index (κ3) is 4.96. The second-order valence-corrected chi connectivity index (χ2v) is 8.25. The highest BCUT2D eigenvalue weighted by Crippen LogP contribution is 2.20. The van der Waals surface area contributed by atoms with Crippen molar-refractivity contribution < 1.29 is 17.9 Å². The topological polar surface area (TPSA) is 63.7 Å². The second kappa shape index (κ2) is 7.81. The molecule has 0 aromatic heterocycles. The molecule has 1 aromatic rings. The number of methoxy groups -OCH3 is 1. The lowest BCUT2D eigenvalue weighted by atomic mass is 10.1. The molecule has 1 aliphatic heterocycles. The minimum Gasteiger partial charge on any atom is -0.497 e. The Kier molecular flexibility index (Phi) is 6.04. The van der Waals surface area contributed by atoms with E-state index in [1.807, 2.05) is 24.3 Å². The first-order valence-corrected chi connectivity index (χ1v) is 9.90. The fourth-order valence-electron chi connectivity index (χ4n) is 2.88. The third-order valence-electron chi connectivity index (χ3n) is 4.24. The van der Waals surface area contributed by atoms with Crippen molar-refractivity contribution in [2.24, 2.45) is 0 Å². The van der Waals surface area contributed by atoms with Crippen LogP contribution in [0.4, 0.5) is 0 Å². The predicted molar refractivity (Wildman–Crippen MR) is 90.4 cm³/mol. The Labute approximate surface area is 138 Å². The SMILES string of the molecule is CCCCN(C(=O)Cc1ccc(OC)cc1)C1CCS(=O)(=O)C1. The zero-order chi connectivity index (χ0) is 16.9. The van der Waals surface area contributed by atoms with Crippen molar-refractivity contribution in [2.75, 3.05) is 25.2 Å². The van der Waals surface area contributed by atoms with Crippen LogP contribution < -0.4 is 4.74 Å². The summed E-state index contributed by atoms with van der Waals surface area (Å²) in [6.45, 7) is 2.70. The van der Waals surface area contributed by atoms with Gasteiger partial charge in [0.15, 0.2) is 9.84 Å². The van der Waals surface area contributed by atoms with Gasteiger partial charge in [0.2, 0.25) is 5.91 Å². The van der Waals surface area contributed by atoms with Gasteiger partial charge in [-0.25, -0.2) is 8.42 Å². The van der Waals surface area contributed by atoms with Gasteiger partial charge >= 0.3 is 0 Å². The molecular formula is C17H25NO4S. The van der Waals surface area contributed by atoms with Crippen LogP contribution in [0.1, 0.15) is 31.7 Å². The van der Waals surface area contributed by atoms with E-state index in [0.717, 1.165) is 24.2 Å². The zero-order valence-electron chi connectivity index (χ0n) is 13.8. The number of carbonyl (C=O) groups is 1. The lowest BCUT2D eigenvalue weighted by Crippen LogP contribution is -2.42. The van der Waals surface area contributed by atoms with Gasteiger partial charge in [-0.15, -0.1) is 0 Å². The van der Waals surface area contributed by atoms with Gasteiger partial charge in [-0.2, -0.15) is 0 Å². The van der Waals surface area contributed by atoms with Crippen molar-refractivity contribution in [1.82, 2.24) is 4.90 Å². The first-order chi connectivity index (χ1) is 10.9. The summed E-state index contributed by atoms with van der Waals surface area (Å²) >= 11 is 0.